The number of amides is 1. The number of hydrogen-bond acceptors (Lipinski definition) is 6. The number of aromatic nitrogens is 2. The summed E-state index contributed by atoms with van der Waals surface area (Å²) in [5.41, 5.74) is 2.08. The second kappa shape index (κ2) is 9.50. The molecule has 0 bridgehead atoms. The molecule has 1 amide bonds. The lowest BCUT2D eigenvalue weighted by Gasteiger charge is -2.22. The van der Waals surface area contributed by atoms with E-state index in [4.69, 9.17) is 0 Å². The largest absolute Gasteiger partial charge is 0.310 e. The molecule has 2 saturated heterocycles. The van der Waals surface area contributed by atoms with Gasteiger partial charge in [0, 0.05) is 25.7 Å². The highest BCUT2D eigenvalue weighted by Crippen LogP contribution is 2.27. The number of rotatable bonds is 6. The van der Waals surface area contributed by atoms with Gasteiger partial charge in [-0.25, -0.2) is 13.1 Å². The highest BCUT2D eigenvalue weighted by molar-refractivity contribution is 7.91. The number of nitrogens with zero attached hydrogens (tertiary/aromatic N) is 4. The summed E-state index contributed by atoms with van der Waals surface area (Å²) in [4.78, 5) is 17.4. The van der Waals surface area contributed by atoms with Gasteiger partial charge in [0.25, 0.3) is 0 Å². The summed E-state index contributed by atoms with van der Waals surface area (Å²) in [5, 5.41) is 7.41. The second-order valence-electron chi connectivity index (χ2n) is 8.61. The zero-order valence-electron chi connectivity index (χ0n) is 18.0. The molecule has 3 heterocycles. The van der Waals surface area contributed by atoms with Crippen LogP contribution in [-0.4, -0.2) is 78.1 Å². The Bertz CT molecular complexity index is 1010. The second-order valence-corrected chi connectivity index (χ2v) is 10.8. The third-order valence-electron chi connectivity index (χ3n) is 5.98. The summed E-state index contributed by atoms with van der Waals surface area (Å²) < 4.78 is 25.4. The van der Waals surface area contributed by atoms with Gasteiger partial charge in [0.2, 0.25) is 5.91 Å². The van der Waals surface area contributed by atoms with Crippen molar-refractivity contribution in [1.29, 1.82) is 0 Å². The van der Waals surface area contributed by atoms with E-state index in [9.17, 15) is 13.2 Å². The van der Waals surface area contributed by atoms with Gasteiger partial charge in [0.05, 0.1) is 29.8 Å². The molecule has 168 valence electrons. The summed E-state index contributed by atoms with van der Waals surface area (Å²) in [5.74, 6) is 0.765. The van der Waals surface area contributed by atoms with E-state index in [2.05, 4.69) is 44.5 Å². The predicted octanol–water partition coefficient (Wildman–Crippen LogP) is 1.70. The van der Waals surface area contributed by atoms with E-state index in [1.807, 2.05) is 19.1 Å². The Morgan fingerprint density at radius 3 is 2.61 bits per heavy atom. The van der Waals surface area contributed by atoms with Crippen LogP contribution in [0.3, 0.4) is 0 Å². The minimum Gasteiger partial charge on any atom is -0.310 e. The van der Waals surface area contributed by atoms with Gasteiger partial charge < -0.3 is 5.32 Å². The highest BCUT2D eigenvalue weighted by atomic mass is 32.2. The van der Waals surface area contributed by atoms with Gasteiger partial charge in [0.1, 0.15) is 5.82 Å². The zero-order chi connectivity index (χ0) is 21.8. The molecule has 2 aliphatic rings. The molecule has 0 spiro atoms. The van der Waals surface area contributed by atoms with Crippen LogP contribution in [0.1, 0.15) is 30.1 Å². The Hall–Kier alpha value is -2.23. The molecule has 1 aromatic heterocycles. The maximum Gasteiger partial charge on any atom is 0.239 e. The quantitative estimate of drug-likeness (QED) is 0.728. The third kappa shape index (κ3) is 5.93. The van der Waals surface area contributed by atoms with Crippen LogP contribution in [0.4, 0.5) is 5.82 Å². The first-order chi connectivity index (χ1) is 14.9. The number of carbonyl (C=O) groups excluding carboxylic acids is 1. The van der Waals surface area contributed by atoms with Gasteiger partial charge >= 0.3 is 0 Å². The first-order valence-electron chi connectivity index (χ1n) is 10.9. The van der Waals surface area contributed by atoms with Gasteiger partial charge in [-0.1, -0.05) is 30.3 Å². The number of benzene rings is 1. The maximum absolute atomic E-state index is 12.7. The molecule has 2 aliphatic heterocycles. The SMILES string of the molecule is Cc1cc(NC(=O)CN2CCCN(Cc3ccccc3)CC2)n(C2CCS(=O)(=O)C2)n1. The number of anilines is 1. The van der Waals surface area contributed by atoms with Crippen molar-refractivity contribution in [2.45, 2.75) is 32.4 Å². The van der Waals surface area contributed by atoms with Crippen molar-refractivity contribution in [2.75, 3.05) is 49.5 Å². The normalized spacial score (nSPS) is 22.3. The van der Waals surface area contributed by atoms with Crippen molar-refractivity contribution in [3.05, 3.63) is 47.7 Å². The van der Waals surface area contributed by atoms with E-state index in [-0.39, 0.29) is 23.5 Å². The Kier molecular flexibility index (Phi) is 6.74. The smallest absolute Gasteiger partial charge is 0.239 e. The van der Waals surface area contributed by atoms with E-state index in [0.29, 0.717) is 18.8 Å². The lowest BCUT2D eigenvalue weighted by Crippen LogP contribution is -2.36. The molecule has 0 aliphatic carbocycles. The summed E-state index contributed by atoms with van der Waals surface area (Å²) in [7, 11) is -3.02. The highest BCUT2D eigenvalue weighted by Gasteiger charge is 2.31. The molecule has 9 heteroatoms. The molecule has 4 rings (SSSR count). The van der Waals surface area contributed by atoms with Crippen LogP contribution in [0.2, 0.25) is 0 Å². The fourth-order valence-electron chi connectivity index (χ4n) is 4.42. The molecule has 31 heavy (non-hydrogen) atoms. The van der Waals surface area contributed by atoms with Crippen LogP contribution < -0.4 is 5.32 Å². The Balaban J connectivity index is 1.31. The van der Waals surface area contributed by atoms with Crippen molar-refractivity contribution < 1.29 is 13.2 Å². The minimum absolute atomic E-state index is 0.0837. The Morgan fingerprint density at radius 2 is 1.87 bits per heavy atom. The van der Waals surface area contributed by atoms with Crippen molar-refractivity contribution in [1.82, 2.24) is 19.6 Å². The van der Waals surface area contributed by atoms with E-state index in [1.165, 1.54) is 5.56 Å². The molecule has 1 atom stereocenters. The summed E-state index contributed by atoms with van der Waals surface area (Å²) in [6, 6.07) is 12.1. The lowest BCUT2D eigenvalue weighted by atomic mass is 10.2. The molecule has 0 radical (unpaired) electrons. The standard InChI is InChI=1S/C22H31N5O3S/c1-18-14-21(27(24-18)20-8-13-31(29,30)17-20)23-22(28)16-26-10-5-9-25(11-12-26)15-19-6-3-2-4-7-19/h2-4,6-7,14,20H,5,8-13,15-17H2,1H3,(H,23,28). The van der Waals surface area contributed by atoms with Crippen molar-refractivity contribution >= 4 is 21.6 Å². The van der Waals surface area contributed by atoms with Crippen LogP contribution in [-0.2, 0) is 21.2 Å². The van der Waals surface area contributed by atoms with Gasteiger partial charge in [-0.2, -0.15) is 5.10 Å². The summed E-state index contributed by atoms with van der Waals surface area (Å²) in [6.07, 6.45) is 1.56. The summed E-state index contributed by atoms with van der Waals surface area (Å²) in [6.45, 7) is 6.80. The van der Waals surface area contributed by atoms with Gasteiger partial charge in [-0.3, -0.25) is 14.6 Å². The first kappa shape index (κ1) is 22.0. The summed E-state index contributed by atoms with van der Waals surface area (Å²) >= 11 is 0. The van der Waals surface area contributed by atoms with Crippen LogP contribution >= 0.6 is 0 Å². The molecule has 8 nitrogen and oxygen atoms in total. The van der Waals surface area contributed by atoms with Crippen molar-refractivity contribution in [3.63, 3.8) is 0 Å². The maximum atomic E-state index is 12.7. The van der Waals surface area contributed by atoms with Gasteiger partial charge in [-0.05, 0) is 38.4 Å². The molecular weight excluding hydrogens is 414 g/mol. The fraction of sp³-hybridized carbons (Fsp3) is 0.545. The minimum atomic E-state index is -3.02. The number of nitrogens with one attached hydrogen (secondary N) is 1. The average Bonchev–Trinajstić information content (AvgIpc) is 3.18. The van der Waals surface area contributed by atoms with Gasteiger partial charge in [0.15, 0.2) is 9.84 Å². The predicted molar refractivity (Wildman–Crippen MR) is 121 cm³/mol. The van der Waals surface area contributed by atoms with E-state index >= 15 is 0 Å². The molecule has 1 aromatic carbocycles. The topological polar surface area (TPSA) is 87.5 Å². The van der Waals surface area contributed by atoms with Crippen molar-refractivity contribution in [2.24, 2.45) is 0 Å². The van der Waals surface area contributed by atoms with Crippen LogP contribution in [0.25, 0.3) is 0 Å². The zero-order valence-corrected chi connectivity index (χ0v) is 18.9. The molecular formula is C22H31N5O3S. The number of aryl methyl sites for hydroxylation is 1. The van der Waals surface area contributed by atoms with Crippen LogP contribution in [0.15, 0.2) is 36.4 Å². The first-order valence-corrected chi connectivity index (χ1v) is 12.8. The average molecular weight is 446 g/mol. The Morgan fingerprint density at radius 1 is 1.13 bits per heavy atom. The number of sulfone groups is 1. The molecule has 1 N–H and O–H groups in total. The Labute approximate surface area is 184 Å². The molecule has 0 saturated carbocycles. The van der Waals surface area contributed by atoms with E-state index in [1.54, 1.807) is 4.68 Å². The van der Waals surface area contributed by atoms with Crippen molar-refractivity contribution in [3.8, 4) is 0 Å². The van der Waals surface area contributed by atoms with E-state index in [0.717, 1.165) is 44.8 Å². The molecule has 1 unspecified atom stereocenters. The number of hydrogen-bond donors (Lipinski definition) is 1. The van der Waals surface area contributed by atoms with Gasteiger partial charge in [-0.15, -0.1) is 0 Å². The fourth-order valence-corrected chi connectivity index (χ4v) is 6.12. The van der Waals surface area contributed by atoms with Crippen LogP contribution in [0, 0.1) is 6.92 Å². The number of carbonyl (C=O) groups is 1. The monoisotopic (exact) mass is 445 g/mol. The van der Waals surface area contributed by atoms with Crippen LogP contribution in [0.5, 0.6) is 0 Å². The van der Waals surface area contributed by atoms with E-state index < -0.39 is 9.84 Å². The molecule has 2 aromatic rings. The molecule has 2 fully saturated rings. The lowest BCUT2D eigenvalue weighted by molar-refractivity contribution is -0.117. The third-order valence-corrected chi connectivity index (χ3v) is 7.73.